The van der Waals surface area contributed by atoms with E-state index in [1.165, 1.54) is 0 Å². The quantitative estimate of drug-likeness (QED) is 0.737. The molecule has 0 aliphatic carbocycles. The maximum Gasteiger partial charge on any atom is 0.199 e. The lowest BCUT2D eigenvalue weighted by atomic mass is 10.2. The summed E-state index contributed by atoms with van der Waals surface area (Å²) in [5, 5.41) is 7.14. The third kappa shape index (κ3) is 2.94. The topological polar surface area (TPSA) is 42.8 Å². The molecule has 0 radical (unpaired) electrons. The molecule has 0 unspecified atom stereocenters. The lowest BCUT2D eigenvalue weighted by Gasteiger charge is -2.11. The molecule has 5 heteroatoms. The van der Waals surface area contributed by atoms with Gasteiger partial charge in [0.15, 0.2) is 10.6 Å². The highest BCUT2D eigenvalue weighted by Gasteiger charge is 2.10. The molecule has 0 aliphatic rings. The number of H-pyrrole nitrogens is 1. The Hall–Kier alpha value is -2.40. The molecule has 3 aromatic rings. The second-order valence-electron chi connectivity index (χ2n) is 5.17. The van der Waals surface area contributed by atoms with Crippen molar-refractivity contribution in [3.63, 3.8) is 0 Å². The zero-order chi connectivity index (χ0) is 15.5. The van der Waals surface area contributed by atoms with Crippen molar-refractivity contribution in [2.24, 2.45) is 0 Å². The van der Waals surface area contributed by atoms with E-state index >= 15 is 0 Å². The molecule has 0 aliphatic heterocycles. The Labute approximate surface area is 134 Å². The van der Waals surface area contributed by atoms with Gasteiger partial charge in [-0.15, -0.1) is 0 Å². The van der Waals surface area contributed by atoms with Gasteiger partial charge in [0.1, 0.15) is 12.4 Å². The molecule has 1 N–H and O–H groups in total. The van der Waals surface area contributed by atoms with Crippen LogP contribution in [-0.2, 0) is 6.61 Å². The van der Waals surface area contributed by atoms with Crippen LogP contribution in [-0.4, -0.2) is 14.8 Å². The van der Waals surface area contributed by atoms with Crippen molar-refractivity contribution in [2.45, 2.75) is 20.5 Å². The standard InChI is InChI=1S/C17H17N3OS/c1-12-6-5-8-14(10-12)21-11-16-18-19-17(22)20(16)15-9-4-3-7-13(15)2/h3-10H,11H2,1-2H3,(H,19,22). The number of hydrogen-bond donors (Lipinski definition) is 1. The molecule has 0 spiro atoms. The fraction of sp³-hybridized carbons (Fsp3) is 0.176. The van der Waals surface area contributed by atoms with Crippen LogP contribution < -0.4 is 4.74 Å². The molecule has 0 amide bonds. The van der Waals surface area contributed by atoms with E-state index in [0.717, 1.165) is 28.4 Å². The molecule has 1 heterocycles. The minimum Gasteiger partial charge on any atom is -0.486 e. The van der Waals surface area contributed by atoms with Crippen LogP contribution in [0.25, 0.3) is 5.69 Å². The number of benzene rings is 2. The summed E-state index contributed by atoms with van der Waals surface area (Å²) < 4.78 is 8.32. The fourth-order valence-electron chi connectivity index (χ4n) is 2.34. The first kappa shape index (κ1) is 14.5. The summed E-state index contributed by atoms with van der Waals surface area (Å²) in [6.07, 6.45) is 0. The van der Waals surface area contributed by atoms with Crippen molar-refractivity contribution >= 4 is 12.2 Å². The zero-order valence-electron chi connectivity index (χ0n) is 12.5. The zero-order valence-corrected chi connectivity index (χ0v) is 13.4. The number of nitrogens with one attached hydrogen (secondary N) is 1. The second kappa shape index (κ2) is 6.15. The van der Waals surface area contributed by atoms with Crippen molar-refractivity contribution in [2.75, 3.05) is 0 Å². The molecule has 2 aromatic carbocycles. The number of aryl methyl sites for hydroxylation is 2. The van der Waals surface area contributed by atoms with E-state index in [9.17, 15) is 0 Å². The minimum atomic E-state index is 0.352. The van der Waals surface area contributed by atoms with Crippen LogP contribution in [0.4, 0.5) is 0 Å². The molecular formula is C17H17N3OS. The number of rotatable bonds is 4. The lowest BCUT2D eigenvalue weighted by molar-refractivity contribution is 0.293. The molecule has 3 rings (SSSR count). The average molecular weight is 311 g/mol. The summed E-state index contributed by atoms with van der Waals surface area (Å²) in [5.41, 5.74) is 3.32. The van der Waals surface area contributed by atoms with Crippen LogP contribution in [0.1, 0.15) is 17.0 Å². The first-order valence-corrected chi connectivity index (χ1v) is 7.48. The summed E-state index contributed by atoms with van der Waals surface area (Å²) in [6.45, 7) is 4.44. The normalized spacial score (nSPS) is 10.6. The third-order valence-electron chi connectivity index (χ3n) is 3.46. The molecular weight excluding hydrogens is 294 g/mol. The van der Waals surface area contributed by atoms with Crippen molar-refractivity contribution in [1.82, 2.24) is 14.8 Å². The molecule has 0 bridgehead atoms. The van der Waals surface area contributed by atoms with Gasteiger partial charge in [-0.05, 0) is 55.4 Å². The van der Waals surface area contributed by atoms with Gasteiger partial charge in [0, 0.05) is 0 Å². The van der Waals surface area contributed by atoms with Gasteiger partial charge in [-0.2, -0.15) is 5.10 Å². The Kier molecular flexibility index (Phi) is 4.06. The second-order valence-corrected chi connectivity index (χ2v) is 5.56. The minimum absolute atomic E-state index is 0.352. The van der Waals surface area contributed by atoms with Gasteiger partial charge in [-0.1, -0.05) is 30.3 Å². The maximum atomic E-state index is 5.84. The van der Waals surface area contributed by atoms with Gasteiger partial charge < -0.3 is 4.74 Å². The van der Waals surface area contributed by atoms with E-state index < -0.39 is 0 Å². The van der Waals surface area contributed by atoms with E-state index in [-0.39, 0.29) is 0 Å². The van der Waals surface area contributed by atoms with Crippen molar-refractivity contribution < 1.29 is 4.74 Å². The van der Waals surface area contributed by atoms with E-state index in [1.807, 2.05) is 54.0 Å². The summed E-state index contributed by atoms with van der Waals surface area (Å²) >= 11 is 5.36. The van der Waals surface area contributed by atoms with Crippen LogP contribution in [0.2, 0.25) is 0 Å². The van der Waals surface area contributed by atoms with Crippen molar-refractivity contribution in [1.29, 1.82) is 0 Å². The van der Waals surface area contributed by atoms with Crippen molar-refractivity contribution in [3.05, 3.63) is 70.3 Å². The van der Waals surface area contributed by atoms with Crippen LogP contribution in [0.15, 0.2) is 48.5 Å². The molecule has 0 saturated heterocycles. The molecule has 112 valence electrons. The van der Waals surface area contributed by atoms with Gasteiger partial charge in [0.25, 0.3) is 0 Å². The first-order chi connectivity index (χ1) is 10.6. The van der Waals surface area contributed by atoms with Gasteiger partial charge in [0.05, 0.1) is 5.69 Å². The number of aromatic nitrogens is 3. The predicted octanol–water partition coefficient (Wildman–Crippen LogP) is 4.13. The van der Waals surface area contributed by atoms with E-state index in [4.69, 9.17) is 17.0 Å². The highest BCUT2D eigenvalue weighted by atomic mass is 32.1. The van der Waals surface area contributed by atoms with E-state index in [2.05, 4.69) is 23.2 Å². The molecule has 0 atom stereocenters. The van der Waals surface area contributed by atoms with Gasteiger partial charge in [-0.3, -0.25) is 9.67 Å². The lowest BCUT2D eigenvalue weighted by Crippen LogP contribution is -2.07. The molecule has 1 aromatic heterocycles. The van der Waals surface area contributed by atoms with Crippen molar-refractivity contribution in [3.8, 4) is 11.4 Å². The Morgan fingerprint density at radius 2 is 1.95 bits per heavy atom. The van der Waals surface area contributed by atoms with Crippen LogP contribution in [0.3, 0.4) is 0 Å². The monoisotopic (exact) mass is 311 g/mol. The number of nitrogens with zero attached hydrogens (tertiary/aromatic N) is 2. The average Bonchev–Trinajstić information content (AvgIpc) is 2.87. The first-order valence-electron chi connectivity index (χ1n) is 7.07. The number of aromatic amines is 1. The Bertz CT molecular complexity index is 851. The molecule has 0 fully saturated rings. The highest BCUT2D eigenvalue weighted by Crippen LogP contribution is 2.18. The Morgan fingerprint density at radius 1 is 1.14 bits per heavy atom. The maximum absolute atomic E-state index is 5.84. The fourth-order valence-corrected chi connectivity index (χ4v) is 2.59. The van der Waals surface area contributed by atoms with Gasteiger partial charge in [-0.25, -0.2) is 0 Å². The largest absolute Gasteiger partial charge is 0.486 e. The van der Waals surface area contributed by atoms with Crippen LogP contribution in [0, 0.1) is 18.6 Å². The Morgan fingerprint density at radius 3 is 2.73 bits per heavy atom. The number of hydrogen-bond acceptors (Lipinski definition) is 3. The summed E-state index contributed by atoms with van der Waals surface area (Å²) in [6, 6.07) is 16.0. The Balaban J connectivity index is 1.90. The van der Waals surface area contributed by atoms with Crippen LogP contribution in [0.5, 0.6) is 5.75 Å². The van der Waals surface area contributed by atoms with Gasteiger partial charge >= 0.3 is 0 Å². The summed E-state index contributed by atoms with van der Waals surface area (Å²) in [5.74, 6) is 1.58. The van der Waals surface area contributed by atoms with E-state index in [1.54, 1.807) is 0 Å². The van der Waals surface area contributed by atoms with Crippen LogP contribution >= 0.6 is 12.2 Å². The van der Waals surface area contributed by atoms with Gasteiger partial charge in [0.2, 0.25) is 0 Å². The predicted molar refractivity (Wildman–Crippen MR) is 89.0 cm³/mol. The SMILES string of the molecule is Cc1cccc(OCc2n[nH]c(=S)n2-c2ccccc2C)c1. The van der Waals surface area contributed by atoms with E-state index in [0.29, 0.717) is 11.4 Å². The molecule has 0 saturated carbocycles. The highest BCUT2D eigenvalue weighted by molar-refractivity contribution is 7.71. The third-order valence-corrected chi connectivity index (χ3v) is 3.73. The molecule has 22 heavy (non-hydrogen) atoms. The number of para-hydroxylation sites is 1. The summed E-state index contributed by atoms with van der Waals surface area (Å²) in [4.78, 5) is 0. The summed E-state index contributed by atoms with van der Waals surface area (Å²) in [7, 11) is 0. The smallest absolute Gasteiger partial charge is 0.199 e. The number of ether oxygens (including phenoxy) is 1. The molecule has 4 nitrogen and oxygen atoms in total.